The van der Waals surface area contributed by atoms with Gasteiger partial charge in [0.15, 0.2) is 0 Å². The van der Waals surface area contributed by atoms with Crippen LogP contribution in [-0.2, 0) is 4.79 Å². The van der Waals surface area contributed by atoms with E-state index in [2.05, 4.69) is 0 Å². The van der Waals surface area contributed by atoms with Crippen LogP contribution in [-0.4, -0.2) is 10.9 Å². The van der Waals surface area contributed by atoms with E-state index in [1.807, 2.05) is 42.9 Å². The molecule has 0 aromatic carbocycles. The van der Waals surface area contributed by atoms with Crippen LogP contribution < -0.4 is 0 Å². The zero-order valence-electron chi connectivity index (χ0n) is 6.90. The van der Waals surface area contributed by atoms with Crippen molar-refractivity contribution < 1.29 is 4.79 Å². The number of hydrogen-bond donors (Lipinski definition) is 0. The molecule has 0 amide bonds. The molecule has 0 aliphatic rings. The lowest BCUT2D eigenvalue weighted by atomic mass is 10.1. The molecule has 60 valence electrons. The van der Waals surface area contributed by atoms with E-state index in [4.69, 9.17) is 0 Å². The van der Waals surface area contributed by atoms with E-state index in [1.165, 1.54) is 0 Å². The lowest BCUT2D eigenvalue weighted by molar-refractivity contribution is -0.111. The first-order chi connectivity index (χ1) is 5.25. The third kappa shape index (κ3) is 1.70. The van der Waals surface area contributed by atoms with E-state index in [1.54, 1.807) is 0 Å². The molecule has 0 radical (unpaired) electrons. The Hall–Kier alpha value is -1.05. The normalized spacial score (nSPS) is 15.8. The number of nitrogens with zero attached hydrogens (tertiary/aromatic N) is 1. The summed E-state index contributed by atoms with van der Waals surface area (Å²) in [5.41, 5.74) is 0. The minimum atomic E-state index is 0.0856. The summed E-state index contributed by atoms with van der Waals surface area (Å²) in [7, 11) is 0. The fraction of sp³-hybridized carbons (Fsp3) is 0.444. The highest BCUT2D eigenvalue weighted by Crippen LogP contribution is 2.14. The predicted octanol–water partition coefficient (Wildman–Crippen LogP) is 1.88. The van der Waals surface area contributed by atoms with E-state index >= 15 is 0 Å². The molecule has 0 aliphatic heterocycles. The van der Waals surface area contributed by atoms with Crippen LogP contribution >= 0.6 is 0 Å². The third-order valence-corrected chi connectivity index (χ3v) is 2.07. The summed E-state index contributed by atoms with van der Waals surface area (Å²) in [4.78, 5) is 10.4. The summed E-state index contributed by atoms with van der Waals surface area (Å²) < 4.78 is 2.04. The molecule has 1 heterocycles. The van der Waals surface area contributed by atoms with Gasteiger partial charge >= 0.3 is 0 Å². The molecule has 0 spiro atoms. The van der Waals surface area contributed by atoms with Gasteiger partial charge in [0.05, 0.1) is 0 Å². The molecule has 0 bridgehead atoms. The van der Waals surface area contributed by atoms with Crippen LogP contribution in [0.4, 0.5) is 0 Å². The smallest absolute Gasteiger partial charge is 0.124 e. The fourth-order valence-corrected chi connectivity index (χ4v) is 1.00. The van der Waals surface area contributed by atoms with Gasteiger partial charge in [-0.2, -0.15) is 0 Å². The standard InChI is InChI=1S/C9H13NO/c1-8(7-11)9(2)10-5-3-4-6-10/h3-9H,1-2H3. The fourth-order valence-electron chi connectivity index (χ4n) is 1.00. The first kappa shape index (κ1) is 8.05. The van der Waals surface area contributed by atoms with Crippen LogP contribution in [0.25, 0.3) is 0 Å². The Kier molecular flexibility index (Phi) is 2.47. The highest BCUT2D eigenvalue weighted by atomic mass is 16.1. The monoisotopic (exact) mass is 151 g/mol. The van der Waals surface area contributed by atoms with Gasteiger partial charge in [-0.3, -0.25) is 0 Å². The van der Waals surface area contributed by atoms with E-state index < -0.39 is 0 Å². The molecular weight excluding hydrogens is 138 g/mol. The van der Waals surface area contributed by atoms with E-state index in [9.17, 15) is 4.79 Å². The van der Waals surface area contributed by atoms with Gasteiger partial charge in [0.25, 0.3) is 0 Å². The Morgan fingerprint density at radius 1 is 1.27 bits per heavy atom. The van der Waals surface area contributed by atoms with Crippen LogP contribution in [0, 0.1) is 5.92 Å². The SMILES string of the molecule is CC(C=O)C(C)n1cccc1. The van der Waals surface area contributed by atoms with E-state index in [0.29, 0.717) is 0 Å². The summed E-state index contributed by atoms with van der Waals surface area (Å²) in [6.07, 6.45) is 4.94. The number of carbonyl (C=O) groups excluding carboxylic acids is 1. The lowest BCUT2D eigenvalue weighted by Crippen LogP contribution is -2.13. The largest absolute Gasteiger partial charge is 0.351 e. The van der Waals surface area contributed by atoms with Crippen molar-refractivity contribution >= 4 is 6.29 Å². The van der Waals surface area contributed by atoms with Crippen molar-refractivity contribution in [1.82, 2.24) is 4.57 Å². The first-order valence-corrected chi connectivity index (χ1v) is 3.83. The Balaban J connectivity index is 2.69. The molecule has 0 aliphatic carbocycles. The topological polar surface area (TPSA) is 22.0 Å². The molecule has 2 atom stereocenters. The van der Waals surface area contributed by atoms with E-state index in [-0.39, 0.29) is 12.0 Å². The van der Waals surface area contributed by atoms with Crippen molar-refractivity contribution in [2.45, 2.75) is 19.9 Å². The number of aromatic nitrogens is 1. The number of rotatable bonds is 3. The molecule has 11 heavy (non-hydrogen) atoms. The highest BCUT2D eigenvalue weighted by Gasteiger charge is 2.10. The summed E-state index contributed by atoms with van der Waals surface area (Å²) >= 11 is 0. The zero-order chi connectivity index (χ0) is 8.27. The quantitative estimate of drug-likeness (QED) is 0.604. The minimum absolute atomic E-state index is 0.0856. The maximum atomic E-state index is 10.4. The molecule has 0 N–H and O–H groups in total. The molecule has 1 rings (SSSR count). The molecule has 1 aromatic rings. The van der Waals surface area contributed by atoms with Gasteiger partial charge in [-0.15, -0.1) is 0 Å². The van der Waals surface area contributed by atoms with Crippen LogP contribution in [0.3, 0.4) is 0 Å². The van der Waals surface area contributed by atoms with Gasteiger partial charge in [-0.05, 0) is 19.1 Å². The molecule has 0 fully saturated rings. The van der Waals surface area contributed by atoms with Crippen molar-refractivity contribution in [2.75, 3.05) is 0 Å². The Morgan fingerprint density at radius 3 is 2.27 bits per heavy atom. The molecular formula is C9H13NO. The maximum Gasteiger partial charge on any atom is 0.124 e. The van der Waals surface area contributed by atoms with Crippen LogP contribution in [0.1, 0.15) is 19.9 Å². The lowest BCUT2D eigenvalue weighted by Gasteiger charge is -2.15. The molecule has 2 unspecified atom stereocenters. The summed E-state index contributed by atoms with van der Waals surface area (Å²) in [6.45, 7) is 3.97. The van der Waals surface area contributed by atoms with Crippen molar-refractivity contribution in [2.24, 2.45) is 5.92 Å². The minimum Gasteiger partial charge on any atom is -0.351 e. The van der Waals surface area contributed by atoms with Crippen molar-refractivity contribution in [3.63, 3.8) is 0 Å². The number of aldehydes is 1. The Labute approximate surface area is 66.8 Å². The average molecular weight is 151 g/mol. The van der Waals surface area contributed by atoms with Crippen LogP contribution in [0.15, 0.2) is 24.5 Å². The summed E-state index contributed by atoms with van der Waals surface area (Å²) in [5.74, 6) is 0.0856. The van der Waals surface area contributed by atoms with Gasteiger partial charge in [0.1, 0.15) is 6.29 Å². The van der Waals surface area contributed by atoms with Crippen molar-refractivity contribution in [1.29, 1.82) is 0 Å². The van der Waals surface area contributed by atoms with Gasteiger partial charge < -0.3 is 9.36 Å². The average Bonchev–Trinajstić information content (AvgIpc) is 2.53. The highest BCUT2D eigenvalue weighted by molar-refractivity contribution is 5.53. The van der Waals surface area contributed by atoms with Gasteiger partial charge in [0.2, 0.25) is 0 Å². The molecule has 0 saturated heterocycles. The summed E-state index contributed by atoms with van der Waals surface area (Å²) in [6, 6.07) is 4.20. The second-order valence-corrected chi connectivity index (χ2v) is 2.87. The van der Waals surface area contributed by atoms with Crippen molar-refractivity contribution in [3.8, 4) is 0 Å². The van der Waals surface area contributed by atoms with Gasteiger partial charge in [-0.1, -0.05) is 6.92 Å². The summed E-state index contributed by atoms with van der Waals surface area (Å²) in [5, 5.41) is 0. The van der Waals surface area contributed by atoms with Crippen molar-refractivity contribution in [3.05, 3.63) is 24.5 Å². The van der Waals surface area contributed by atoms with Crippen LogP contribution in [0.5, 0.6) is 0 Å². The van der Waals surface area contributed by atoms with Gasteiger partial charge in [0, 0.05) is 24.4 Å². The Bertz CT molecular complexity index is 215. The molecule has 1 aromatic heterocycles. The second kappa shape index (κ2) is 3.37. The molecule has 0 saturated carbocycles. The first-order valence-electron chi connectivity index (χ1n) is 3.83. The number of hydrogen-bond acceptors (Lipinski definition) is 1. The molecule has 2 nitrogen and oxygen atoms in total. The number of carbonyl (C=O) groups is 1. The van der Waals surface area contributed by atoms with Crippen LogP contribution in [0.2, 0.25) is 0 Å². The molecule has 2 heteroatoms. The second-order valence-electron chi connectivity index (χ2n) is 2.87. The zero-order valence-corrected chi connectivity index (χ0v) is 6.90. The Morgan fingerprint density at radius 2 is 1.82 bits per heavy atom. The third-order valence-electron chi connectivity index (χ3n) is 2.07. The van der Waals surface area contributed by atoms with E-state index in [0.717, 1.165) is 6.29 Å². The maximum absolute atomic E-state index is 10.4. The predicted molar refractivity (Wildman–Crippen MR) is 44.4 cm³/mol. The van der Waals surface area contributed by atoms with Gasteiger partial charge in [-0.25, -0.2) is 0 Å².